The Morgan fingerprint density at radius 1 is 1.29 bits per heavy atom. The van der Waals surface area contributed by atoms with E-state index < -0.39 is 0 Å². The molecule has 1 heterocycles. The van der Waals surface area contributed by atoms with Crippen LogP contribution in [-0.4, -0.2) is 40.3 Å². The van der Waals surface area contributed by atoms with E-state index in [1.807, 2.05) is 40.9 Å². The van der Waals surface area contributed by atoms with E-state index in [-0.39, 0.29) is 17.9 Å². The molecule has 0 saturated carbocycles. The number of nitrogens with zero attached hydrogens (tertiary/aromatic N) is 1. The number of hydrogen-bond donors (Lipinski definition) is 1. The predicted molar refractivity (Wildman–Crippen MR) is 86.4 cm³/mol. The molecule has 0 spiro atoms. The van der Waals surface area contributed by atoms with Gasteiger partial charge in [0.15, 0.2) is 0 Å². The Kier molecular flexibility index (Phi) is 5.28. The van der Waals surface area contributed by atoms with Gasteiger partial charge in [0.25, 0.3) is 5.91 Å². The van der Waals surface area contributed by atoms with Crippen LogP contribution < -0.4 is 5.32 Å². The van der Waals surface area contributed by atoms with Crippen LogP contribution in [0.5, 0.6) is 0 Å². The third kappa shape index (κ3) is 4.00. The van der Waals surface area contributed by atoms with Crippen LogP contribution in [-0.2, 0) is 11.3 Å². The minimum atomic E-state index is -0.0521. The molecule has 1 fully saturated rings. The van der Waals surface area contributed by atoms with Crippen molar-refractivity contribution < 1.29 is 9.59 Å². The maximum atomic E-state index is 12.6. The Hall–Kier alpha value is -1.49. The van der Waals surface area contributed by atoms with Gasteiger partial charge in [-0.3, -0.25) is 9.59 Å². The lowest BCUT2D eigenvalue weighted by atomic mass is 10.1. The van der Waals surface area contributed by atoms with Gasteiger partial charge in [-0.2, -0.15) is 11.8 Å². The summed E-state index contributed by atoms with van der Waals surface area (Å²) in [6.45, 7) is 7.08. The predicted octanol–water partition coefficient (Wildman–Crippen LogP) is 2.29. The maximum Gasteiger partial charge on any atom is 0.254 e. The van der Waals surface area contributed by atoms with E-state index in [1.54, 1.807) is 0 Å². The average molecular weight is 306 g/mol. The van der Waals surface area contributed by atoms with Gasteiger partial charge in [0.1, 0.15) is 0 Å². The molecule has 0 aromatic heterocycles. The van der Waals surface area contributed by atoms with E-state index in [4.69, 9.17) is 0 Å². The van der Waals surface area contributed by atoms with Crippen LogP contribution in [0.4, 0.5) is 0 Å². The number of nitrogens with one attached hydrogen (secondary N) is 1. The van der Waals surface area contributed by atoms with Crippen LogP contribution in [0.15, 0.2) is 24.3 Å². The first kappa shape index (κ1) is 15.9. The van der Waals surface area contributed by atoms with E-state index >= 15 is 0 Å². The van der Waals surface area contributed by atoms with Crippen LogP contribution in [0.3, 0.4) is 0 Å². The quantitative estimate of drug-likeness (QED) is 0.932. The largest absolute Gasteiger partial charge is 0.352 e. The Morgan fingerprint density at radius 2 is 1.95 bits per heavy atom. The van der Waals surface area contributed by atoms with Gasteiger partial charge in [0, 0.05) is 42.6 Å². The van der Waals surface area contributed by atoms with Gasteiger partial charge in [0.2, 0.25) is 5.91 Å². The van der Waals surface area contributed by atoms with Gasteiger partial charge in [-0.25, -0.2) is 0 Å². The Balaban J connectivity index is 2.04. The molecule has 2 amide bonds. The molecule has 0 unspecified atom stereocenters. The summed E-state index contributed by atoms with van der Waals surface area (Å²) in [6, 6.07) is 7.75. The summed E-state index contributed by atoms with van der Waals surface area (Å²) in [7, 11) is 0. The van der Waals surface area contributed by atoms with E-state index in [1.165, 1.54) is 6.92 Å². The van der Waals surface area contributed by atoms with Crippen molar-refractivity contribution in [3.63, 3.8) is 0 Å². The molecular formula is C16H22N2O2S. The molecule has 21 heavy (non-hydrogen) atoms. The SMILES string of the molecule is CC(=O)NCc1ccc(C(=O)N2CCS[C@H](C)[C@H]2C)cc1. The van der Waals surface area contributed by atoms with Crippen molar-refractivity contribution >= 4 is 23.6 Å². The van der Waals surface area contributed by atoms with Crippen molar-refractivity contribution in [3.05, 3.63) is 35.4 Å². The lowest BCUT2D eigenvalue weighted by Crippen LogP contribution is -2.47. The molecule has 5 heteroatoms. The zero-order valence-electron chi connectivity index (χ0n) is 12.8. The normalized spacial score (nSPS) is 22.0. The van der Waals surface area contributed by atoms with Crippen molar-refractivity contribution in [1.29, 1.82) is 0 Å². The summed E-state index contributed by atoms with van der Waals surface area (Å²) in [5, 5.41) is 3.22. The summed E-state index contributed by atoms with van der Waals surface area (Å²) in [5.41, 5.74) is 1.71. The number of carbonyl (C=O) groups excluding carboxylic acids is 2. The molecule has 4 nitrogen and oxygen atoms in total. The highest BCUT2D eigenvalue weighted by Crippen LogP contribution is 2.25. The topological polar surface area (TPSA) is 49.4 Å². The van der Waals surface area contributed by atoms with Gasteiger partial charge in [-0.15, -0.1) is 0 Å². The molecule has 1 aliphatic rings. The maximum absolute atomic E-state index is 12.6. The molecule has 1 N–H and O–H groups in total. The van der Waals surface area contributed by atoms with Crippen molar-refractivity contribution in [1.82, 2.24) is 10.2 Å². The molecule has 0 aliphatic carbocycles. The van der Waals surface area contributed by atoms with Crippen LogP contribution in [0.2, 0.25) is 0 Å². The van der Waals surface area contributed by atoms with Crippen molar-refractivity contribution in [3.8, 4) is 0 Å². The number of amides is 2. The number of thioether (sulfide) groups is 1. The van der Waals surface area contributed by atoms with Crippen molar-refractivity contribution in [2.45, 2.75) is 38.6 Å². The molecule has 2 rings (SSSR count). The summed E-state index contributed by atoms with van der Waals surface area (Å²) in [4.78, 5) is 25.4. The van der Waals surface area contributed by atoms with E-state index in [0.717, 1.165) is 17.9 Å². The number of carbonyl (C=O) groups is 2. The molecule has 1 aromatic carbocycles. The fourth-order valence-electron chi connectivity index (χ4n) is 2.38. The Morgan fingerprint density at radius 3 is 2.57 bits per heavy atom. The van der Waals surface area contributed by atoms with E-state index in [0.29, 0.717) is 17.4 Å². The highest BCUT2D eigenvalue weighted by atomic mass is 32.2. The van der Waals surface area contributed by atoms with Crippen molar-refractivity contribution in [2.24, 2.45) is 0 Å². The lowest BCUT2D eigenvalue weighted by Gasteiger charge is -2.37. The third-order valence-electron chi connectivity index (χ3n) is 3.89. The highest BCUT2D eigenvalue weighted by Gasteiger charge is 2.29. The van der Waals surface area contributed by atoms with Crippen molar-refractivity contribution in [2.75, 3.05) is 12.3 Å². The van der Waals surface area contributed by atoms with E-state index in [9.17, 15) is 9.59 Å². The number of benzene rings is 1. The zero-order chi connectivity index (χ0) is 15.4. The molecule has 1 aromatic rings. The van der Waals surface area contributed by atoms with Crippen LogP contribution >= 0.6 is 11.8 Å². The average Bonchev–Trinajstić information content (AvgIpc) is 2.48. The fraction of sp³-hybridized carbons (Fsp3) is 0.500. The van der Waals surface area contributed by atoms with Gasteiger partial charge < -0.3 is 10.2 Å². The molecular weight excluding hydrogens is 284 g/mol. The highest BCUT2D eigenvalue weighted by molar-refractivity contribution is 8.00. The molecule has 0 bridgehead atoms. The fourth-order valence-corrected chi connectivity index (χ4v) is 3.48. The number of rotatable bonds is 3. The van der Waals surface area contributed by atoms with Crippen LogP contribution in [0, 0.1) is 0 Å². The Labute approximate surface area is 130 Å². The van der Waals surface area contributed by atoms with Gasteiger partial charge in [-0.05, 0) is 24.6 Å². The minimum absolute atomic E-state index is 0.0521. The standard InChI is InChI=1S/C16H22N2O2S/c1-11-12(2)21-9-8-18(11)16(20)15-6-4-14(5-7-15)10-17-13(3)19/h4-7,11-12H,8-10H2,1-3H3,(H,17,19)/t11-,12-/m1/s1. The van der Waals surface area contributed by atoms with Gasteiger partial charge >= 0.3 is 0 Å². The third-order valence-corrected chi connectivity index (χ3v) is 5.23. The second-order valence-corrected chi connectivity index (χ2v) is 6.91. The smallest absolute Gasteiger partial charge is 0.254 e. The summed E-state index contributed by atoms with van der Waals surface area (Å²) in [6.07, 6.45) is 0. The minimum Gasteiger partial charge on any atom is -0.352 e. The molecule has 1 saturated heterocycles. The Bertz CT molecular complexity index is 516. The monoisotopic (exact) mass is 306 g/mol. The summed E-state index contributed by atoms with van der Waals surface area (Å²) >= 11 is 1.92. The van der Waals surface area contributed by atoms with Gasteiger partial charge in [-0.1, -0.05) is 19.1 Å². The second-order valence-electron chi connectivity index (χ2n) is 5.42. The molecule has 2 atom stereocenters. The molecule has 114 valence electrons. The van der Waals surface area contributed by atoms with Crippen LogP contribution in [0.25, 0.3) is 0 Å². The zero-order valence-corrected chi connectivity index (χ0v) is 13.6. The van der Waals surface area contributed by atoms with Crippen LogP contribution in [0.1, 0.15) is 36.7 Å². The summed E-state index contributed by atoms with van der Waals surface area (Å²) in [5.74, 6) is 1.04. The molecule has 0 radical (unpaired) electrons. The first-order valence-electron chi connectivity index (χ1n) is 7.25. The van der Waals surface area contributed by atoms with Gasteiger partial charge in [0.05, 0.1) is 0 Å². The first-order chi connectivity index (χ1) is 9.99. The second kappa shape index (κ2) is 6.98. The lowest BCUT2D eigenvalue weighted by molar-refractivity contribution is -0.119. The molecule has 1 aliphatic heterocycles. The number of hydrogen-bond acceptors (Lipinski definition) is 3. The first-order valence-corrected chi connectivity index (χ1v) is 8.30. The summed E-state index contributed by atoms with van der Waals surface area (Å²) < 4.78 is 0. The van der Waals surface area contributed by atoms with E-state index in [2.05, 4.69) is 19.2 Å².